The molecule has 1 fully saturated rings. The number of carbonyl (C=O) groups excluding carboxylic acids is 1. The molecule has 1 unspecified atom stereocenters. The molecule has 1 aliphatic rings. The van der Waals surface area contributed by atoms with E-state index in [-0.39, 0.29) is 17.7 Å². The third kappa shape index (κ3) is 4.40. The smallest absolute Gasteiger partial charge is 0.231 e. The average molecular weight is 370 g/mol. The van der Waals surface area contributed by atoms with Gasteiger partial charge in [0.2, 0.25) is 17.6 Å². The van der Waals surface area contributed by atoms with Crippen LogP contribution in [0.25, 0.3) is 11.4 Å². The highest BCUT2D eigenvalue weighted by molar-refractivity contribution is 5.78. The maximum absolute atomic E-state index is 12.7. The Kier molecular flexibility index (Phi) is 6.30. The number of hydrogen-bond donors (Lipinski definition) is 0. The summed E-state index contributed by atoms with van der Waals surface area (Å²) in [6.45, 7) is 10.1. The lowest BCUT2D eigenvalue weighted by Crippen LogP contribution is -2.42. The van der Waals surface area contributed by atoms with Crippen molar-refractivity contribution in [1.29, 1.82) is 0 Å². The van der Waals surface area contributed by atoms with Gasteiger partial charge in [-0.2, -0.15) is 4.98 Å². The van der Waals surface area contributed by atoms with Crippen molar-refractivity contribution in [3.05, 3.63) is 35.7 Å². The summed E-state index contributed by atoms with van der Waals surface area (Å²) in [5, 5.41) is 4.18. The maximum Gasteiger partial charge on any atom is 0.231 e. The number of benzene rings is 1. The van der Waals surface area contributed by atoms with Crippen LogP contribution in [0.1, 0.15) is 76.7 Å². The van der Waals surface area contributed by atoms with Crippen LogP contribution in [-0.2, 0) is 4.79 Å². The Hall–Kier alpha value is -2.17. The minimum absolute atomic E-state index is 0.126. The van der Waals surface area contributed by atoms with Crippen molar-refractivity contribution in [1.82, 2.24) is 15.0 Å². The SMILES string of the molecule is CCC(CC)C(=O)N1CCCC(c2nc(-c3ccc(C(C)C)cc3)no2)C1. The number of likely N-dealkylation sites (tertiary alicyclic amines) is 1. The first-order valence-corrected chi connectivity index (χ1v) is 10.3. The van der Waals surface area contributed by atoms with Gasteiger partial charge in [0.05, 0.1) is 5.92 Å². The van der Waals surface area contributed by atoms with Gasteiger partial charge in [0.25, 0.3) is 0 Å². The van der Waals surface area contributed by atoms with Crippen LogP contribution in [0.15, 0.2) is 28.8 Å². The van der Waals surface area contributed by atoms with Crippen molar-refractivity contribution in [3.8, 4) is 11.4 Å². The van der Waals surface area contributed by atoms with Gasteiger partial charge in [-0.1, -0.05) is 57.1 Å². The van der Waals surface area contributed by atoms with E-state index in [9.17, 15) is 4.79 Å². The Morgan fingerprint density at radius 2 is 1.93 bits per heavy atom. The topological polar surface area (TPSA) is 59.2 Å². The standard InChI is InChI=1S/C22H31N3O2/c1-5-16(6-2)22(26)25-13-7-8-19(14-25)21-23-20(24-27-21)18-11-9-17(10-12-18)15(3)4/h9-12,15-16,19H,5-8,13-14H2,1-4H3. The van der Waals surface area contributed by atoms with E-state index in [0.29, 0.717) is 24.2 Å². The van der Waals surface area contributed by atoms with Gasteiger partial charge in [0.15, 0.2) is 0 Å². The van der Waals surface area contributed by atoms with Crippen LogP contribution < -0.4 is 0 Å². The minimum Gasteiger partial charge on any atom is -0.342 e. The maximum atomic E-state index is 12.7. The van der Waals surface area contributed by atoms with E-state index in [1.165, 1.54) is 5.56 Å². The first-order valence-electron chi connectivity index (χ1n) is 10.3. The van der Waals surface area contributed by atoms with Crippen molar-refractivity contribution < 1.29 is 9.32 Å². The zero-order chi connectivity index (χ0) is 19.4. The normalized spacial score (nSPS) is 17.7. The molecule has 1 aliphatic heterocycles. The number of aromatic nitrogens is 2. The molecule has 0 radical (unpaired) electrons. The molecule has 0 spiro atoms. The van der Waals surface area contributed by atoms with Gasteiger partial charge < -0.3 is 9.42 Å². The highest BCUT2D eigenvalue weighted by atomic mass is 16.5. The van der Waals surface area contributed by atoms with E-state index in [4.69, 9.17) is 4.52 Å². The van der Waals surface area contributed by atoms with E-state index in [1.807, 2.05) is 17.0 Å². The van der Waals surface area contributed by atoms with Crippen LogP contribution in [-0.4, -0.2) is 34.0 Å². The molecule has 0 saturated carbocycles. The van der Waals surface area contributed by atoms with Gasteiger partial charge >= 0.3 is 0 Å². The Balaban J connectivity index is 1.71. The molecule has 2 heterocycles. The lowest BCUT2D eigenvalue weighted by atomic mass is 9.95. The van der Waals surface area contributed by atoms with Crippen molar-refractivity contribution in [2.45, 2.75) is 65.2 Å². The van der Waals surface area contributed by atoms with E-state index in [1.54, 1.807) is 0 Å². The Morgan fingerprint density at radius 1 is 1.22 bits per heavy atom. The molecule has 1 aromatic heterocycles. The summed E-state index contributed by atoms with van der Waals surface area (Å²) in [7, 11) is 0. The van der Waals surface area contributed by atoms with Crippen molar-refractivity contribution in [3.63, 3.8) is 0 Å². The fraction of sp³-hybridized carbons (Fsp3) is 0.591. The second kappa shape index (κ2) is 8.68. The third-order valence-electron chi connectivity index (χ3n) is 5.69. The molecule has 1 aromatic carbocycles. The second-order valence-corrected chi connectivity index (χ2v) is 7.87. The van der Waals surface area contributed by atoms with Crippen LogP contribution in [0.5, 0.6) is 0 Å². The Bertz CT molecular complexity index is 747. The summed E-state index contributed by atoms with van der Waals surface area (Å²) in [4.78, 5) is 19.3. The number of carbonyl (C=O) groups is 1. The molecule has 146 valence electrons. The van der Waals surface area contributed by atoms with Gasteiger partial charge in [0.1, 0.15) is 0 Å². The first kappa shape index (κ1) is 19.6. The van der Waals surface area contributed by atoms with Gasteiger partial charge in [-0.05, 0) is 37.2 Å². The highest BCUT2D eigenvalue weighted by Crippen LogP contribution is 2.29. The summed E-state index contributed by atoms with van der Waals surface area (Å²) >= 11 is 0. The monoisotopic (exact) mass is 369 g/mol. The van der Waals surface area contributed by atoms with E-state index < -0.39 is 0 Å². The molecule has 2 aromatic rings. The largest absolute Gasteiger partial charge is 0.342 e. The van der Waals surface area contributed by atoms with Crippen LogP contribution in [0, 0.1) is 5.92 Å². The second-order valence-electron chi connectivity index (χ2n) is 7.87. The minimum atomic E-state index is 0.126. The van der Waals surface area contributed by atoms with Crippen molar-refractivity contribution in [2.24, 2.45) is 5.92 Å². The summed E-state index contributed by atoms with van der Waals surface area (Å²) in [6.07, 6.45) is 3.76. The van der Waals surface area contributed by atoms with E-state index in [0.717, 1.165) is 37.8 Å². The number of rotatable bonds is 6. The molecule has 0 aliphatic carbocycles. The van der Waals surface area contributed by atoms with Crippen LogP contribution in [0.3, 0.4) is 0 Å². The van der Waals surface area contributed by atoms with Crippen LogP contribution >= 0.6 is 0 Å². The summed E-state index contributed by atoms with van der Waals surface area (Å²) in [6, 6.07) is 8.33. The number of amides is 1. The van der Waals surface area contributed by atoms with Crippen molar-refractivity contribution in [2.75, 3.05) is 13.1 Å². The zero-order valence-corrected chi connectivity index (χ0v) is 16.9. The number of hydrogen-bond acceptors (Lipinski definition) is 4. The molecule has 1 saturated heterocycles. The lowest BCUT2D eigenvalue weighted by molar-refractivity contribution is -0.137. The van der Waals surface area contributed by atoms with Crippen LogP contribution in [0.2, 0.25) is 0 Å². The summed E-state index contributed by atoms with van der Waals surface area (Å²) < 4.78 is 5.58. The molecular formula is C22H31N3O2. The lowest BCUT2D eigenvalue weighted by Gasteiger charge is -2.33. The molecule has 27 heavy (non-hydrogen) atoms. The number of piperidine rings is 1. The van der Waals surface area contributed by atoms with E-state index in [2.05, 4.69) is 50.0 Å². The Morgan fingerprint density at radius 3 is 2.56 bits per heavy atom. The first-order chi connectivity index (χ1) is 13.0. The van der Waals surface area contributed by atoms with Gasteiger partial charge in [-0.25, -0.2) is 0 Å². The number of nitrogens with zero attached hydrogens (tertiary/aromatic N) is 3. The molecule has 1 amide bonds. The highest BCUT2D eigenvalue weighted by Gasteiger charge is 2.30. The fourth-order valence-corrected chi connectivity index (χ4v) is 3.81. The average Bonchev–Trinajstić information content (AvgIpc) is 3.19. The quantitative estimate of drug-likeness (QED) is 0.719. The molecular weight excluding hydrogens is 338 g/mol. The van der Waals surface area contributed by atoms with Gasteiger partial charge in [0, 0.05) is 24.6 Å². The molecule has 5 heteroatoms. The fourth-order valence-electron chi connectivity index (χ4n) is 3.81. The van der Waals surface area contributed by atoms with Gasteiger partial charge in [-0.3, -0.25) is 4.79 Å². The molecule has 0 N–H and O–H groups in total. The predicted molar refractivity (Wildman–Crippen MR) is 106 cm³/mol. The molecule has 5 nitrogen and oxygen atoms in total. The van der Waals surface area contributed by atoms with E-state index >= 15 is 0 Å². The van der Waals surface area contributed by atoms with Gasteiger partial charge in [-0.15, -0.1) is 0 Å². The molecule has 0 bridgehead atoms. The van der Waals surface area contributed by atoms with Crippen LogP contribution in [0.4, 0.5) is 0 Å². The Labute approximate surface area is 162 Å². The summed E-state index contributed by atoms with van der Waals surface area (Å²) in [5.74, 6) is 2.31. The summed E-state index contributed by atoms with van der Waals surface area (Å²) in [5.41, 5.74) is 2.26. The zero-order valence-electron chi connectivity index (χ0n) is 16.9. The van der Waals surface area contributed by atoms with Crippen molar-refractivity contribution >= 4 is 5.91 Å². The molecule has 3 rings (SSSR count). The third-order valence-corrected chi connectivity index (χ3v) is 5.69. The predicted octanol–water partition coefficient (Wildman–Crippen LogP) is 5.00. The molecule has 1 atom stereocenters.